The van der Waals surface area contributed by atoms with Gasteiger partial charge in [0.15, 0.2) is 0 Å². The number of rotatable bonds is 2. The minimum Gasteiger partial charge on any atom is -0.256 e. The van der Waals surface area contributed by atoms with Crippen LogP contribution in [-0.4, -0.2) is 19.9 Å². The van der Waals surface area contributed by atoms with E-state index < -0.39 is 0 Å². The monoisotopic (exact) mass is 384 g/mol. The fourth-order valence-corrected chi connectivity index (χ4v) is 3.18. The first-order chi connectivity index (χ1) is 14.8. The molecule has 4 nitrogen and oxygen atoms in total. The predicted octanol–water partition coefficient (Wildman–Crippen LogP) is 5.15. The first kappa shape index (κ1) is 17.7. The molecule has 0 fully saturated rings. The van der Waals surface area contributed by atoms with Crippen molar-refractivity contribution >= 4 is 10.9 Å². The van der Waals surface area contributed by atoms with Crippen molar-refractivity contribution in [2.45, 2.75) is 0 Å². The van der Waals surface area contributed by atoms with Gasteiger partial charge < -0.3 is 0 Å². The van der Waals surface area contributed by atoms with Gasteiger partial charge in [0.05, 0.1) is 28.3 Å². The SMILES string of the molecule is C(#Cc1ccc2cccnc2c1)c1cc(-c2ccccn2)nc(-c2ccccn2)c1. The minimum atomic E-state index is 0.767. The average Bonchev–Trinajstić information content (AvgIpc) is 2.83. The number of aromatic nitrogens is 4. The fourth-order valence-electron chi connectivity index (χ4n) is 3.18. The van der Waals surface area contributed by atoms with Gasteiger partial charge in [0.2, 0.25) is 0 Å². The van der Waals surface area contributed by atoms with Gasteiger partial charge in [-0.25, -0.2) is 4.98 Å². The summed E-state index contributed by atoms with van der Waals surface area (Å²) >= 11 is 0. The summed E-state index contributed by atoms with van der Waals surface area (Å²) in [6, 6.07) is 25.5. The van der Waals surface area contributed by atoms with Crippen molar-refractivity contribution in [3.8, 4) is 34.6 Å². The van der Waals surface area contributed by atoms with Gasteiger partial charge in [-0.3, -0.25) is 15.0 Å². The summed E-state index contributed by atoms with van der Waals surface area (Å²) in [5.74, 6) is 6.52. The van der Waals surface area contributed by atoms with Crippen LogP contribution in [0, 0.1) is 11.8 Å². The molecule has 140 valence electrons. The van der Waals surface area contributed by atoms with Gasteiger partial charge in [0.25, 0.3) is 0 Å². The molecule has 30 heavy (non-hydrogen) atoms. The Labute approximate surface area is 174 Å². The number of nitrogens with zero attached hydrogens (tertiary/aromatic N) is 4. The van der Waals surface area contributed by atoms with Crippen molar-refractivity contribution in [1.29, 1.82) is 0 Å². The van der Waals surface area contributed by atoms with Crippen molar-refractivity contribution in [1.82, 2.24) is 19.9 Å². The third-order valence-corrected chi connectivity index (χ3v) is 4.64. The molecule has 0 N–H and O–H groups in total. The molecule has 0 amide bonds. The van der Waals surface area contributed by atoms with Crippen molar-refractivity contribution in [2.24, 2.45) is 0 Å². The number of benzene rings is 1. The van der Waals surface area contributed by atoms with Crippen LogP contribution in [0.4, 0.5) is 0 Å². The van der Waals surface area contributed by atoms with Crippen LogP contribution in [0.2, 0.25) is 0 Å². The largest absolute Gasteiger partial charge is 0.256 e. The van der Waals surface area contributed by atoms with Crippen LogP contribution >= 0.6 is 0 Å². The van der Waals surface area contributed by atoms with Crippen LogP contribution in [0.25, 0.3) is 33.7 Å². The summed E-state index contributed by atoms with van der Waals surface area (Å²) in [4.78, 5) is 18.1. The van der Waals surface area contributed by atoms with E-state index in [0.717, 1.165) is 44.8 Å². The Morgan fingerprint density at radius 1 is 0.500 bits per heavy atom. The quantitative estimate of drug-likeness (QED) is 0.395. The van der Waals surface area contributed by atoms with Gasteiger partial charge in [-0.2, -0.15) is 0 Å². The number of fused-ring (bicyclic) bond motifs is 1. The molecule has 0 aliphatic heterocycles. The van der Waals surface area contributed by atoms with Crippen LogP contribution in [0.15, 0.2) is 97.5 Å². The normalized spacial score (nSPS) is 10.4. The highest BCUT2D eigenvalue weighted by Gasteiger charge is 2.08. The number of hydrogen-bond acceptors (Lipinski definition) is 4. The van der Waals surface area contributed by atoms with Crippen molar-refractivity contribution in [3.63, 3.8) is 0 Å². The molecule has 0 aliphatic rings. The third kappa shape index (κ3) is 3.78. The van der Waals surface area contributed by atoms with Crippen LogP contribution in [0.3, 0.4) is 0 Å². The van der Waals surface area contributed by atoms with E-state index in [0.29, 0.717) is 0 Å². The molecule has 0 saturated heterocycles. The van der Waals surface area contributed by atoms with Crippen molar-refractivity contribution < 1.29 is 0 Å². The molecule has 0 aliphatic carbocycles. The standard InChI is InChI=1S/C26H16N4/c1-3-13-27-22(7-1)25-17-20(18-26(30-25)23-8-2-4-14-28-23)10-9-19-11-12-21-6-5-15-29-24(21)16-19/h1-8,11-18H. The average molecular weight is 384 g/mol. The zero-order valence-corrected chi connectivity index (χ0v) is 16.0. The maximum Gasteiger partial charge on any atom is 0.0906 e. The van der Waals surface area contributed by atoms with Gasteiger partial charge in [-0.05, 0) is 54.6 Å². The van der Waals surface area contributed by atoms with Crippen LogP contribution in [-0.2, 0) is 0 Å². The third-order valence-electron chi connectivity index (χ3n) is 4.64. The van der Waals surface area contributed by atoms with E-state index in [-0.39, 0.29) is 0 Å². The first-order valence-electron chi connectivity index (χ1n) is 9.57. The summed E-state index contributed by atoms with van der Waals surface area (Å²) in [7, 11) is 0. The summed E-state index contributed by atoms with van der Waals surface area (Å²) in [5.41, 5.74) is 5.83. The molecule has 5 aromatic rings. The highest BCUT2D eigenvalue weighted by Crippen LogP contribution is 2.22. The van der Waals surface area contributed by atoms with Gasteiger partial charge >= 0.3 is 0 Å². The molecule has 4 aromatic heterocycles. The Hall–Kier alpha value is -4.36. The molecule has 0 saturated carbocycles. The van der Waals surface area contributed by atoms with Gasteiger partial charge in [0, 0.05) is 35.1 Å². The number of hydrogen-bond donors (Lipinski definition) is 0. The van der Waals surface area contributed by atoms with E-state index in [9.17, 15) is 0 Å². The maximum absolute atomic E-state index is 4.77. The van der Waals surface area contributed by atoms with E-state index in [1.165, 1.54) is 0 Å². The lowest BCUT2D eigenvalue weighted by atomic mass is 10.1. The Kier molecular flexibility index (Phi) is 4.69. The Morgan fingerprint density at radius 3 is 1.83 bits per heavy atom. The van der Waals surface area contributed by atoms with Crippen LogP contribution in [0.5, 0.6) is 0 Å². The first-order valence-corrected chi connectivity index (χ1v) is 9.57. The zero-order valence-electron chi connectivity index (χ0n) is 16.0. The maximum atomic E-state index is 4.77. The van der Waals surface area contributed by atoms with E-state index in [1.54, 1.807) is 18.6 Å². The molecule has 4 heterocycles. The molecule has 1 aromatic carbocycles. The van der Waals surface area contributed by atoms with Crippen molar-refractivity contribution in [2.75, 3.05) is 0 Å². The molecule has 0 radical (unpaired) electrons. The molecule has 4 heteroatoms. The highest BCUT2D eigenvalue weighted by molar-refractivity contribution is 5.79. The lowest BCUT2D eigenvalue weighted by Gasteiger charge is -2.06. The summed E-state index contributed by atoms with van der Waals surface area (Å²) < 4.78 is 0. The molecule has 0 unspecified atom stereocenters. The van der Waals surface area contributed by atoms with Gasteiger partial charge in [0.1, 0.15) is 0 Å². The van der Waals surface area contributed by atoms with E-state index in [1.807, 2.05) is 78.9 Å². The summed E-state index contributed by atoms with van der Waals surface area (Å²) in [6.45, 7) is 0. The second kappa shape index (κ2) is 7.94. The zero-order chi connectivity index (χ0) is 20.2. The molecule has 0 bridgehead atoms. The molecular formula is C26H16N4. The highest BCUT2D eigenvalue weighted by atomic mass is 14.8. The predicted molar refractivity (Wildman–Crippen MR) is 118 cm³/mol. The van der Waals surface area contributed by atoms with E-state index in [4.69, 9.17) is 4.98 Å². The molecule has 0 atom stereocenters. The Balaban J connectivity index is 1.60. The molecule has 5 rings (SSSR count). The molecular weight excluding hydrogens is 368 g/mol. The van der Waals surface area contributed by atoms with Gasteiger partial charge in [-0.15, -0.1) is 0 Å². The number of pyridine rings is 4. The van der Waals surface area contributed by atoms with Gasteiger partial charge in [-0.1, -0.05) is 36.1 Å². The van der Waals surface area contributed by atoms with Crippen LogP contribution in [0.1, 0.15) is 11.1 Å². The minimum absolute atomic E-state index is 0.767. The smallest absolute Gasteiger partial charge is 0.0906 e. The van der Waals surface area contributed by atoms with E-state index >= 15 is 0 Å². The Bertz CT molecular complexity index is 1330. The van der Waals surface area contributed by atoms with Crippen LogP contribution < -0.4 is 0 Å². The molecule has 0 spiro atoms. The fraction of sp³-hybridized carbons (Fsp3) is 0. The van der Waals surface area contributed by atoms with Crippen molar-refractivity contribution in [3.05, 3.63) is 109 Å². The second-order valence-electron chi connectivity index (χ2n) is 6.72. The topological polar surface area (TPSA) is 51.6 Å². The Morgan fingerprint density at radius 2 is 1.17 bits per heavy atom. The lowest BCUT2D eigenvalue weighted by molar-refractivity contribution is 1.21. The summed E-state index contributed by atoms with van der Waals surface area (Å²) in [6.07, 6.45) is 5.32. The van der Waals surface area contributed by atoms with E-state index in [2.05, 4.69) is 26.8 Å². The second-order valence-corrected chi connectivity index (χ2v) is 6.72. The summed E-state index contributed by atoms with van der Waals surface area (Å²) in [5, 5.41) is 1.10. The lowest BCUT2D eigenvalue weighted by Crippen LogP contribution is -1.93.